The maximum Gasteiger partial charge on any atom is 0.134 e. The van der Waals surface area contributed by atoms with Gasteiger partial charge in [0.1, 0.15) is 11.6 Å². The monoisotopic (exact) mass is 243 g/mol. The molecule has 0 saturated heterocycles. The van der Waals surface area contributed by atoms with Crippen molar-refractivity contribution < 1.29 is 4.74 Å². The van der Waals surface area contributed by atoms with Crippen LogP contribution in [0.1, 0.15) is 12.5 Å². The molecule has 0 fully saturated rings. The van der Waals surface area contributed by atoms with Gasteiger partial charge in [-0.3, -0.25) is 0 Å². The first-order valence-corrected chi connectivity index (χ1v) is 5.97. The van der Waals surface area contributed by atoms with E-state index in [0.717, 1.165) is 22.8 Å². The summed E-state index contributed by atoms with van der Waals surface area (Å²) in [5, 5.41) is 3.25. The summed E-state index contributed by atoms with van der Waals surface area (Å²) in [4.78, 5) is 4.28. The number of hydrogen-bond donors (Lipinski definition) is 2. The molecule has 0 radical (unpaired) electrons. The Bertz CT molecular complexity index is 497. The van der Waals surface area contributed by atoms with Gasteiger partial charge in [-0.05, 0) is 37.3 Å². The van der Waals surface area contributed by atoms with E-state index in [0.29, 0.717) is 13.2 Å². The standard InChI is InChI=1S/C14H17N3O/c1-2-18-13-7-5-12(6-8-13)17-14-11(10-15)4-3-9-16-14/h3-9H,2,10,15H2,1H3,(H,16,17). The molecule has 1 heterocycles. The van der Waals surface area contributed by atoms with Gasteiger partial charge < -0.3 is 15.8 Å². The lowest BCUT2D eigenvalue weighted by molar-refractivity contribution is 0.340. The Morgan fingerprint density at radius 1 is 1.22 bits per heavy atom. The zero-order chi connectivity index (χ0) is 12.8. The van der Waals surface area contributed by atoms with Crippen molar-refractivity contribution in [3.05, 3.63) is 48.2 Å². The quantitative estimate of drug-likeness (QED) is 0.847. The van der Waals surface area contributed by atoms with Gasteiger partial charge in [0, 0.05) is 24.0 Å². The van der Waals surface area contributed by atoms with Gasteiger partial charge in [-0.25, -0.2) is 4.98 Å². The lowest BCUT2D eigenvalue weighted by Gasteiger charge is -2.10. The fraction of sp³-hybridized carbons (Fsp3) is 0.214. The van der Waals surface area contributed by atoms with E-state index in [2.05, 4.69) is 10.3 Å². The Balaban J connectivity index is 2.13. The molecule has 3 N–H and O–H groups in total. The molecule has 2 rings (SSSR count). The van der Waals surface area contributed by atoms with Crippen LogP contribution in [0, 0.1) is 0 Å². The Hall–Kier alpha value is -2.07. The predicted octanol–water partition coefficient (Wildman–Crippen LogP) is 2.68. The number of pyridine rings is 1. The second-order valence-corrected chi connectivity index (χ2v) is 3.80. The first-order valence-electron chi connectivity index (χ1n) is 5.97. The van der Waals surface area contributed by atoms with E-state index in [1.165, 1.54) is 0 Å². The lowest BCUT2D eigenvalue weighted by Crippen LogP contribution is -2.03. The van der Waals surface area contributed by atoms with Gasteiger partial charge >= 0.3 is 0 Å². The normalized spacial score (nSPS) is 10.1. The Morgan fingerprint density at radius 3 is 2.67 bits per heavy atom. The van der Waals surface area contributed by atoms with Crippen LogP contribution in [0.3, 0.4) is 0 Å². The predicted molar refractivity (Wildman–Crippen MR) is 73.0 cm³/mol. The van der Waals surface area contributed by atoms with E-state index in [-0.39, 0.29) is 0 Å². The summed E-state index contributed by atoms with van der Waals surface area (Å²) < 4.78 is 5.39. The first kappa shape index (κ1) is 12.4. The molecule has 0 aliphatic rings. The van der Waals surface area contributed by atoms with Crippen LogP contribution in [-0.4, -0.2) is 11.6 Å². The fourth-order valence-electron chi connectivity index (χ4n) is 1.65. The summed E-state index contributed by atoms with van der Waals surface area (Å²) in [5.74, 6) is 1.66. The van der Waals surface area contributed by atoms with E-state index < -0.39 is 0 Å². The highest BCUT2D eigenvalue weighted by Crippen LogP contribution is 2.20. The summed E-state index contributed by atoms with van der Waals surface area (Å²) in [7, 11) is 0. The van der Waals surface area contributed by atoms with Crippen molar-refractivity contribution in [1.29, 1.82) is 0 Å². The third-order valence-corrected chi connectivity index (χ3v) is 2.54. The Kier molecular flexibility index (Phi) is 4.15. The molecular formula is C14H17N3O. The van der Waals surface area contributed by atoms with Gasteiger partial charge in [-0.1, -0.05) is 6.07 Å². The maximum atomic E-state index is 5.67. The topological polar surface area (TPSA) is 60.2 Å². The lowest BCUT2D eigenvalue weighted by atomic mass is 10.2. The van der Waals surface area contributed by atoms with Crippen molar-refractivity contribution in [3.63, 3.8) is 0 Å². The smallest absolute Gasteiger partial charge is 0.134 e. The van der Waals surface area contributed by atoms with Crippen LogP contribution < -0.4 is 15.8 Å². The van der Waals surface area contributed by atoms with Crippen molar-refractivity contribution in [1.82, 2.24) is 4.98 Å². The number of nitrogens with one attached hydrogen (secondary N) is 1. The summed E-state index contributed by atoms with van der Waals surface area (Å²) in [5.41, 5.74) is 7.62. The molecule has 1 aromatic heterocycles. The molecule has 0 saturated carbocycles. The number of anilines is 2. The summed E-state index contributed by atoms with van der Waals surface area (Å²) in [6.07, 6.45) is 1.75. The Labute approximate surface area is 107 Å². The van der Waals surface area contributed by atoms with Crippen LogP contribution in [0.4, 0.5) is 11.5 Å². The zero-order valence-corrected chi connectivity index (χ0v) is 10.4. The number of nitrogens with zero attached hydrogens (tertiary/aromatic N) is 1. The molecular weight excluding hydrogens is 226 g/mol. The molecule has 4 heteroatoms. The van der Waals surface area contributed by atoms with E-state index in [9.17, 15) is 0 Å². The van der Waals surface area contributed by atoms with E-state index >= 15 is 0 Å². The number of nitrogens with two attached hydrogens (primary N) is 1. The second-order valence-electron chi connectivity index (χ2n) is 3.80. The molecule has 0 unspecified atom stereocenters. The van der Waals surface area contributed by atoms with Crippen LogP contribution in [0.5, 0.6) is 5.75 Å². The summed E-state index contributed by atoms with van der Waals surface area (Å²) >= 11 is 0. The SMILES string of the molecule is CCOc1ccc(Nc2ncccc2CN)cc1. The van der Waals surface area contributed by atoms with E-state index in [4.69, 9.17) is 10.5 Å². The minimum atomic E-state index is 0.465. The molecule has 0 aliphatic heterocycles. The number of aromatic nitrogens is 1. The summed E-state index contributed by atoms with van der Waals surface area (Å²) in [6.45, 7) is 3.10. The average molecular weight is 243 g/mol. The molecule has 0 bridgehead atoms. The molecule has 18 heavy (non-hydrogen) atoms. The van der Waals surface area contributed by atoms with Gasteiger partial charge in [0.2, 0.25) is 0 Å². The number of ether oxygens (including phenoxy) is 1. The van der Waals surface area contributed by atoms with Crippen LogP contribution in [0.25, 0.3) is 0 Å². The highest BCUT2D eigenvalue weighted by Gasteiger charge is 2.02. The minimum absolute atomic E-state index is 0.465. The van der Waals surface area contributed by atoms with E-state index in [1.54, 1.807) is 6.20 Å². The molecule has 0 atom stereocenters. The van der Waals surface area contributed by atoms with Gasteiger partial charge in [0.25, 0.3) is 0 Å². The van der Waals surface area contributed by atoms with Crippen molar-refractivity contribution in [2.45, 2.75) is 13.5 Å². The third kappa shape index (κ3) is 2.99. The number of benzene rings is 1. The number of rotatable bonds is 5. The van der Waals surface area contributed by atoms with Crippen LogP contribution >= 0.6 is 0 Å². The molecule has 94 valence electrons. The molecule has 0 spiro atoms. The number of hydrogen-bond acceptors (Lipinski definition) is 4. The van der Waals surface area contributed by atoms with Crippen molar-refractivity contribution in [2.24, 2.45) is 5.73 Å². The fourth-order valence-corrected chi connectivity index (χ4v) is 1.65. The maximum absolute atomic E-state index is 5.67. The molecule has 0 aliphatic carbocycles. The van der Waals surface area contributed by atoms with Crippen molar-refractivity contribution >= 4 is 11.5 Å². The highest BCUT2D eigenvalue weighted by molar-refractivity contribution is 5.59. The molecule has 0 amide bonds. The van der Waals surface area contributed by atoms with Crippen molar-refractivity contribution in [2.75, 3.05) is 11.9 Å². The van der Waals surface area contributed by atoms with Gasteiger partial charge in [0.15, 0.2) is 0 Å². The highest BCUT2D eigenvalue weighted by atomic mass is 16.5. The average Bonchev–Trinajstić information content (AvgIpc) is 2.42. The van der Waals surface area contributed by atoms with Crippen LogP contribution in [0.15, 0.2) is 42.6 Å². The van der Waals surface area contributed by atoms with E-state index in [1.807, 2.05) is 43.3 Å². The summed E-state index contributed by atoms with van der Waals surface area (Å²) in [6, 6.07) is 11.6. The third-order valence-electron chi connectivity index (χ3n) is 2.54. The Morgan fingerprint density at radius 2 is 2.00 bits per heavy atom. The molecule has 2 aromatic rings. The van der Waals surface area contributed by atoms with Gasteiger partial charge in [-0.15, -0.1) is 0 Å². The zero-order valence-electron chi connectivity index (χ0n) is 10.4. The van der Waals surface area contributed by atoms with Gasteiger partial charge in [-0.2, -0.15) is 0 Å². The first-order chi connectivity index (χ1) is 8.83. The minimum Gasteiger partial charge on any atom is -0.494 e. The second kappa shape index (κ2) is 6.02. The molecule has 1 aromatic carbocycles. The largest absolute Gasteiger partial charge is 0.494 e. The van der Waals surface area contributed by atoms with Crippen LogP contribution in [0.2, 0.25) is 0 Å². The van der Waals surface area contributed by atoms with Crippen LogP contribution in [-0.2, 0) is 6.54 Å². The molecule has 4 nitrogen and oxygen atoms in total. The van der Waals surface area contributed by atoms with Crippen molar-refractivity contribution in [3.8, 4) is 5.75 Å². The van der Waals surface area contributed by atoms with Gasteiger partial charge in [0.05, 0.1) is 6.61 Å².